The lowest BCUT2D eigenvalue weighted by molar-refractivity contribution is -0.106. The Labute approximate surface area is 210 Å². The number of hydrogen-bond donors (Lipinski definition) is 3. The average Bonchev–Trinajstić information content (AvgIpc) is 3.70. The molecule has 0 saturated heterocycles. The molecule has 2 aromatic carbocycles. The van der Waals surface area contributed by atoms with Gasteiger partial charge in [-0.25, -0.2) is 0 Å². The molecule has 0 spiro atoms. The Hall–Kier alpha value is -3.12. The topological polar surface area (TPSA) is 87.5 Å². The van der Waals surface area contributed by atoms with Crippen molar-refractivity contribution in [3.05, 3.63) is 65.2 Å². The molecular weight excluding hydrogens is 436 g/mol. The third-order valence-electron chi connectivity index (χ3n) is 6.97. The summed E-state index contributed by atoms with van der Waals surface area (Å²) in [4.78, 5) is 22.3. The van der Waals surface area contributed by atoms with Gasteiger partial charge in [0.25, 0.3) is 5.91 Å². The van der Waals surface area contributed by atoms with E-state index >= 15 is 0 Å². The lowest BCUT2D eigenvalue weighted by atomic mass is 9.83. The molecule has 188 valence electrons. The fourth-order valence-corrected chi connectivity index (χ4v) is 5.18. The quantitative estimate of drug-likeness (QED) is 0.454. The van der Waals surface area contributed by atoms with E-state index in [9.17, 15) is 4.79 Å². The average molecular weight is 477 g/mol. The van der Waals surface area contributed by atoms with Gasteiger partial charge in [0.15, 0.2) is 0 Å². The minimum Gasteiger partial charge on any atom is -0.399 e. The lowest BCUT2D eigenvalue weighted by Gasteiger charge is -2.41. The Morgan fingerprint density at radius 1 is 1.17 bits per heavy atom. The Morgan fingerprint density at radius 3 is 2.43 bits per heavy atom. The highest BCUT2D eigenvalue weighted by Gasteiger charge is 2.40. The minimum absolute atomic E-state index is 0.0926. The summed E-state index contributed by atoms with van der Waals surface area (Å²) in [5.41, 5.74) is 12.7. The van der Waals surface area contributed by atoms with Crippen LogP contribution >= 0.6 is 0 Å². The second-order valence-electron chi connectivity index (χ2n) is 9.58. The van der Waals surface area contributed by atoms with Crippen LogP contribution in [0.25, 0.3) is 5.57 Å². The van der Waals surface area contributed by atoms with Crippen LogP contribution in [0.5, 0.6) is 0 Å². The van der Waals surface area contributed by atoms with Crippen LogP contribution in [0, 0.1) is 11.8 Å². The van der Waals surface area contributed by atoms with Gasteiger partial charge >= 0.3 is 0 Å². The van der Waals surface area contributed by atoms with Gasteiger partial charge in [0.1, 0.15) is 6.29 Å². The van der Waals surface area contributed by atoms with E-state index in [1.165, 1.54) is 43.0 Å². The number of aldehydes is 1. The zero-order valence-electron chi connectivity index (χ0n) is 21.5. The third-order valence-corrected chi connectivity index (χ3v) is 6.97. The summed E-state index contributed by atoms with van der Waals surface area (Å²) in [6.45, 7) is 6.02. The van der Waals surface area contributed by atoms with E-state index in [1.807, 2.05) is 0 Å². The first-order valence-electron chi connectivity index (χ1n) is 12.6. The van der Waals surface area contributed by atoms with Gasteiger partial charge in [0, 0.05) is 43.6 Å². The number of nitrogens with zero attached hydrogens (tertiary/aromatic N) is 1. The largest absolute Gasteiger partial charge is 0.399 e. The van der Waals surface area contributed by atoms with Crippen LogP contribution in [-0.2, 0) is 11.2 Å². The molecule has 3 aliphatic rings. The number of nitrogens with one attached hydrogen (secondary N) is 2. The van der Waals surface area contributed by atoms with Crippen LogP contribution in [0.4, 0.5) is 11.4 Å². The fraction of sp³-hybridized carbons (Fsp3) is 0.448. The highest BCUT2D eigenvalue weighted by Crippen LogP contribution is 2.45. The van der Waals surface area contributed by atoms with E-state index < -0.39 is 0 Å². The van der Waals surface area contributed by atoms with Crippen molar-refractivity contribution in [1.29, 1.82) is 0 Å². The summed E-state index contributed by atoms with van der Waals surface area (Å²) >= 11 is 0. The molecule has 6 heteroatoms. The number of hydrogen-bond acceptors (Lipinski definition) is 5. The standard InChI is InChI=1S/C19H26N2.C8H10N2O.C2H4O/c1-13-11-17-12-16(14-7-9-20-10-8-14)5-6-18(17)21(2)19(13)15-3-4-15;1-10-8(11)6-2-4-7(9)5-3-6;1-2-3/h5-7,12-13,15,19-20H,3-4,8-11H2,1-2H3;2-5H,9H2,1H3,(H,10,11);2H,1H3/t13-,19-;;/m1../s1. The number of nitrogens with two attached hydrogens (primary N) is 1. The van der Waals surface area contributed by atoms with Crippen molar-refractivity contribution in [2.24, 2.45) is 11.8 Å². The normalized spacial score (nSPS) is 20.7. The second kappa shape index (κ2) is 12.5. The van der Waals surface area contributed by atoms with Gasteiger partial charge < -0.3 is 26.1 Å². The maximum absolute atomic E-state index is 11.0. The molecule has 2 aliphatic heterocycles. The number of carbonyl (C=O) groups excluding carboxylic acids is 2. The molecule has 0 radical (unpaired) electrons. The summed E-state index contributed by atoms with van der Waals surface area (Å²) in [5, 5.41) is 5.92. The molecule has 4 N–H and O–H groups in total. The Kier molecular flexibility index (Phi) is 9.49. The first-order valence-corrected chi connectivity index (χ1v) is 12.6. The van der Waals surface area contributed by atoms with E-state index in [4.69, 9.17) is 10.5 Å². The molecular formula is C29H40N4O2. The van der Waals surface area contributed by atoms with Crippen molar-refractivity contribution >= 4 is 29.1 Å². The molecule has 6 nitrogen and oxygen atoms in total. The van der Waals surface area contributed by atoms with E-state index in [0.717, 1.165) is 43.7 Å². The SMILES string of the molecule is CC=O.CNC(=O)c1ccc(N)cc1.C[C@@H]1Cc2cc(C3=CCNCC3)ccc2N(C)[C@H]1C1CC1. The molecule has 5 rings (SSSR count). The predicted molar refractivity (Wildman–Crippen MR) is 146 cm³/mol. The first kappa shape index (κ1) is 26.5. The molecule has 0 aromatic heterocycles. The van der Waals surface area contributed by atoms with Crippen LogP contribution in [0.15, 0.2) is 48.5 Å². The van der Waals surface area contributed by atoms with Gasteiger partial charge in [0.05, 0.1) is 0 Å². The maximum atomic E-state index is 11.0. The third kappa shape index (κ3) is 6.95. The number of carbonyl (C=O) groups is 2. The molecule has 1 saturated carbocycles. The smallest absolute Gasteiger partial charge is 0.251 e. The van der Waals surface area contributed by atoms with Gasteiger partial charge in [-0.1, -0.05) is 19.1 Å². The van der Waals surface area contributed by atoms with Gasteiger partial charge in [-0.15, -0.1) is 0 Å². The molecule has 2 atom stereocenters. The first-order chi connectivity index (χ1) is 16.9. The molecule has 1 fully saturated rings. The summed E-state index contributed by atoms with van der Waals surface area (Å²) in [5.74, 6) is 1.64. The van der Waals surface area contributed by atoms with Crippen molar-refractivity contribution in [1.82, 2.24) is 10.6 Å². The lowest BCUT2D eigenvalue weighted by Crippen LogP contribution is -2.43. The molecule has 35 heavy (non-hydrogen) atoms. The number of nitrogen functional groups attached to an aromatic ring is 1. The van der Waals surface area contributed by atoms with E-state index in [0.29, 0.717) is 11.3 Å². The van der Waals surface area contributed by atoms with Crippen molar-refractivity contribution in [2.45, 2.75) is 45.6 Å². The van der Waals surface area contributed by atoms with Gasteiger partial charge in [-0.05, 0) is 104 Å². The van der Waals surface area contributed by atoms with Crippen molar-refractivity contribution < 1.29 is 9.59 Å². The number of fused-ring (bicyclic) bond motifs is 1. The molecule has 2 heterocycles. The zero-order valence-corrected chi connectivity index (χ0v) is 21.5. The van der Waals surface area contributed by atoms with Crippen LogP contribution in [0.1, 0.15) is 54.6 Å². The second-order valence-corrected chi connectivity index (χ2v) is 9.58. The zero-order chi connectivity index (χ0) is 25.4. The van der Waals surface area contributed by atoms with Crippen molar-refractivity contribution in [3.8, 4) is 0 Å². The Morgan fingerprint density at radius 2 is 1.86 bits per heavy atom. The summed E-state index contributed by atoms with van der Waals surface area (Å²) in [7, 11) is 3.90. The summed E-state index contributed by atoms with van der Waals surface area (Å²) < 4.78 is 0. The van der Waals surface area contributed by atoms with E-state index in [2.05, 4.69) is 53.8 Å². The number of anilines is 2. The molecule has 1 aliphatic carbocycles. The number of amides is 1. The molecule has 0 unspecified atom stereocenters. The van der Waals surface area contributed by atoms with E-state index in [-0.39, 0.29) is 5.91 Å². The van der Waals surface area contributed by atoms with Crippen LogP contribution in [-0.4, -0.2) is 45.4 Å². The minimum atomic E-state index is -0.0926. The molecule has 0 bridgehead atoms. The Balaban J connectivity index is 0.000000207. The fourth-order valence-electron chi connectivity index (χ4n) is 5.18. The van der Waals surface area contributed by atoms with Crippen LogP contribution in [0.3, 0.4) is 0 Å². The summed E-state index contributed by atoms with van der Waals surface area (Å²) in [6, 6.07) is 14.7. The highest BCUT2D eigenvalue weighted by molar-refractivity contribution is 5.94. The van der Waals surface area contributed by atoms with Crippen LogP contribution < -0.4 is 21.3 Å². The Bertz CT molecular complexity index is 1030. The van der Waals surface area contributed by atoms with E-state index in [1.54, 1.807) is 36.9 Å². The van der Waals surface area contributed by atoms with Crippen molar-refractivity contribution in [3.63, 3.8) is 0 Å². The van der Waals surface area contributed by atoms with Gasteiger partial charge in [-0.3, -0.25) is 4.79 Å². The molecule has 1 amide bonds. The number of benzene rings is 2. The van der Waals surface area contributed by atoms with Gasteiger partial charge in [-0.2, -0.15) is 0 Å². The summed E-state index contributed by atoms with van der Waals surface area (Å²) in [6.07, 6.45) is 8.39. The van der Waals surface area contributed by atoms with Gasteiger partial charge in [0.2, 0.25) is 0 Å². The molecule has 2 aromatic rings. The van der Waals surface area contributed by atoms with Crippen molar-refractivity contribution in [2.75, 3.05) is 37.8 Å². The number of rotatable bonds is 3. The maximum Gasteiger partial charge on any atom is 0.251 e. The monoisotopic (exact) mass is 476 g/mol. The van der Waals surface area contributed by atoms with Crippen LogP contribution in [0.2, 0.25) is 0 Å². The predicted octanol–water partition coefficient (Wildman–Crippen LogP) is 4.30. The highest BCUT2D eigenvalue weighted by atomic mass is 16.1.